The van der Waals surface area contributed by atoms with Crippen LogP contribution in [0.2, 0.25) is 0 Å². The normalized spacial score (nSPS) is 2.11. The summed E-state index contributed by atoms with van der Waals surface area (Å²) in [5, 5.41) is 0. The molecule has 0 amide bonds. The van der Waals surface area contributed by atoms with Crippen molar-refractivity contribution in [1.82, 2.24) is 12.3 Å². The van der Waals surface area contributed by atoms with E-state index in [2.05, 4.69) is 0 Å². The summed E-state index contributed by atoms with van der Waals surface area (Å²) in [5.74, 6) is 0. The van der Waals surface area contributed by atoms with Crippen LogP contribution in [0.4, 0.5) is 9.41 Å². The molecule has 0 heterocycles. The van der Waals surface area contributed by atoms with Gasteiger partial charge in [-0.2, -0.15) is 0 Å². The van der Waals surface area contributed by atoms with E-state index in [9.17, 15) is 0 Å². The van der Waals surface area contributed by atoms with E-state index in [0.29, 0.717) is 0 Å². The molecule has 6 N–H and O–H groups in total. The Bertz CT molecular complexity index is 179. The van der Waals surface area contributed by atoms with Gasteiger partial charge in [-0.1, -0.05) is 14.9 Å². The molecule has 0 bridgehead atoms. The molecule has 0 aromatic rings. The Labute approximate surface area is 147 Å². The first-order valence-electron chi connectivity index (χ1n) is 1.55. The van der Waals surface area contributed by atoms with Gasteiger partial charge < -0.3 is 12.3 Å². The molecule has 10 nitrogen and oxygen atoms in total. The summed E-state index contributed by atoms with van der Waals surface area (Å²) >= 11 is -3.62. The maximum absolute atomic E-state index is 8.47. The Kier molecular flexibility index (Phi) is 1170. The van der Waals surface area contributed by atoms with Gasteiger partial charge in [0.15, 0.2) is 0 Å². The van der Waals surface area contributed by atoms with Crippen LogP contribution in [0, 0.1) is 0 Å². The fraction of sp³-hybridized carbons (Fsp3) is 1.00. The van der Waals surface area contributed by atoms with Crippen molar-refractivity contribution in [1.29, 1.82) is 0 Å². The van der Waals surface area contributed by atoms with E-state index in [-0.39, 0.29) is 66.1 Å². The van der Waals surface area contributed by atoms with Gasteiger partial charge in [-0.15, -0.1) is 0 Å². The van der Waals surface area contributed by atoms with Crippen molar-refractivity contribution in [2.24, 2.45) is 0 Å². The third kappa shape index (κ3) is 6050. The van der Waals surface area contributed by atoms with Crippen molar-refractivity contribution in [2.45, 2.75) is 14.9 Å². The van der Waals surface area contributed by atoms with E-state index < -0.39 is 49.0 Å². The second-order valence-corrected chi connectivity index (χ2v) is 1.11. The molecule has 0 rings (SSSR count). The van der Waals surface area contributed by atoms with Gasteiger partial charge in [0, 0.05) is 29.6 Å². The summed E-state index contributed by atoms with van der Waals surface area (Å²) in [5.41, 5.74) is 0. The zero-order chi connectivity index (χ0) is 10.8. The number of halogens is 2. The first-order chi connectivity index (χ1) is 5.66. The van der Waals surface area contributed by atoms with Gasteiger partial charge >= 0.3 is 63.7 Å². The molecule has 0 fully saturated rings. The monoisotopic (exact) mass is 423 g/mol. The summed E-state index contributed by atoms with van der Waals surface area (Å²) in [7, 11) is -2.83. The standard InChI is InChI=1S/2CH4.2FH.2H3N.Na.2HO2P.4O.2V/c;;;;;;;2*1-3-2;;;;;;/h2*1H4;2*1H;2*1H3;;2*3H;;;;;;. The first kappa shape index (κ1) is 89.4. The van der Waals surface area contributed by atoms with Gasteiger partial charge in [0.25, 0.3) is 0 Å². The van der Waals surface area contributed by atoms with Gasteiger partial charge in [0.05, 0.1) is 0 Å². The Morgan fingerprint density at radius 3 is 0.579 bits per heavy atom. The second-order valence-electron chi connectivity index (χ2n) is 0.316. The van der Waals surface area contributed by atoms with Gasteiger partial charge in [-0.05, 0) is 0 Å². The van der Waals surface area contributed by atoms with Crippen LogP contribution in [0.15, 0.2) is 0 Å². The zero-order valence-electron chi connectivity index (χ0n) is 8.39. The molecule has 0 aliphatic heterocycles. The van der Waals surface area contributed by atoms with Crippen LogP contribution < -0.4 is 12.3 Å². The van der Waals surface area contributed by atoms with Crippen molar-refractivity contribution in [2.75, 3.05) is 0 Å². The van der Waals surface area contributed by atoms with Crippen LogP contribution in [0.3, 0.4) is 0 Å². The van der Waals surface area contributed by atoms with Crippen LogP contribution >= 0.6 is 16.7 Å². The van der Waals surface area contributed by atoms with E-state index in [1.807, 2.05) is 0 Å². The van der Waals surface area contributed by atoms with Crippen molar-refractivity contribution in [3.63, 3.8) is 0 Å². The van der Waals surface area contributed by atoms with Crippen LogP contribution in [-0.2, 0) is 65.3 Å². The van der Waals surface area contributed by atoms with Crippen molar-refractivity contribution in [3.05, 3.63) is 0 Å². The van der Waals surface area contributed by atoms with E-state index in [1.165, 1.54) is 0 Å². The predicted molar refractivity (Wildman–Crippen MR) is 56.4 cm³/mol. The number of hydrogen-bond donors (Lipinski definition) is 2. The summed E-state index contributed by atoms with van der Waals surface area (Å²) in [6.45, 7) is 0. The van der Waals surface area contributed by atoms with E-state index in [1.54, 1.807) is 0 Å². The molecular formula is C2H18F2N2NaO8P2V2. The fourth-order valence-electron chi connectivity index (χ4n) is 0. The van der Waals surface area contributed by atoms with E-state index in [0.717, 1.165) is 0 Å². The SMILES string of the molecule is C.C.F.F.N.N.O=[PH]=O.O=[PH]=O.[Na].[O]=[V]=[O].[O]=[V]=[O]. The molecule has 0 saturated heterocycles. The molecule has 0 aromatic heterocycles. The maximum atomic E-state index is 8.47. The molecule has 17 heteroatoms. The zero-order valence-corrected chi connectivity index (χ0v) is 15.2. The fourth-order valence-corrected chi connectivity index (χ4v) is 0. The average Bonchev–Trinajstić information content (AvgIpc) is 1.92. The molecule has 1 radical (unpaired) electrons. The minimum absolute atomic E-state index is 0. The van der Waals surface area contributed by atoms with Crippen LogP contribution in [0.5, 0.6) is 0 Å². The van der Waals surface area contributed by atoms with Gasteiger partial charge in [-0.3, -0.25) is 9.41 Å². The average molecular weight is 423 g/mol. The van der Waals surface area contributed by atoms with Crippen LogP contribution in [0.25, 0.3) is 0 Å². The Balaban J connectivity index is -0.00000000444. The van der Waals surface area contributed by atoms with Crippen molar-refractivity contribution < 1.29 is 74.7 Å². The third-order valence-corrected chi connectivity index (χ3v) is 0. The van der Waals surface area contributed by atoms with E-state index >= 15 is 0 Å². The Morgan fingerprint density at radius 2 is 0.579 bits per heavy atom. The molecule has 119 valence electrons. The molecule has 0 aliphatic rings. The van der Waals surface area contributed by atoms with Crippen LogP contribution in [0.1, 0.15) is 14.9 Å². The van der Waals surface area contributed by atoms with Gasteiger partial charge in [-0.25, -0.2) is 18.3 Å². The quantitative estimate of drug-likeness (QED) is 0.426. The van der Waals surface area contributed by atoms with Crippen molar-refractivity contribution >= 4 is 46.2 Å². The molecule has 0 saturated carbocycles. The Morgan fingerprint density at radius 1 is 0.579 bits per heavy atom. The third-order valence-electron chi connectivity index (χ3n) is 0. The molecule has 0 aromatic carbocycles. The predicted octanol–water partition coefficient (Wildman–Crippen LogP) is 1.75. The number of rotatable bonds is 0. The topological polar surface area (TPSA) is 207 Å². The Hall–Kier alpha value is 0.949. The van der Waals surface area contributed by atoms with Crippen LogP contribution in [-0.4, -0.2) is 29.6 Å². The summed E-state index contributed by atoms with van der Waals surface area (Å²) < 4.78 is 67.5. The summed E-state index contributed by atoms with van der Waals surface area (Å²) in [6.07, 6.45) is 0. The molecule has 0 aliphatic carbocycles. The van der Waals surface area contributed by atoms with E-state index in [4.69, 9.17) is 33.0 Å². The number of hydrogen-bond acceptors (Lipinski definition) is 10. The van der Waals surface area contributed by atoms with Gasteiger partial charge in [0.2, 0.25) is 0 Å². The molecule has 0 atom stereocenters. The first-order valence-corrected chi connectivity index (χ1v) is 5.46. The molecule has 0 spiro atoms. The van der Waals surface area contributed by atoms with Gasteiger partial charge in [0.1, 0.15) is 0 Å². The summed E-state index contributed by atoms with van der Waals surface area (Å²) in [6, 6.07) is 0. The van der Waals surface area contributed by atoms with Crippen molar-refractivity contribution in [3.8, 4) is 0 Å². The summed E-state index contributed by atoms with van der Waals surface area (Å²) in [4.78, 5) is 0. The minimum atomic E-state index is -1.81. The molecular weight excluding hydrogens is 405 g/mol. The molecule has 0 unspecified atom stereocenters. The molecule has 19 heavy (non-hydrogen) atoms. The second kappa shape index (κ2) is 249.